The number of rotatable bonds is 8. The Balaban J connectivity index is 1.69. The van der Waals surface area contributed by atoms with E-state index in [1.807, 2.05) is 0 Å². The smallest absolute Gasteiger partial charge is 0.412 e. The zero-order valence-electron chi connectivity index (χ0n) is 24.8. The number of hydrogen-bond acceptors (Lipinski definition) is 15. The van der Waals surface area contributed by atoms with Crippen LogP contribution in [0.15, 0.2) is 30.4 Å². The molecule has 16 heteroatoms. The van der Waals surface area contributed by atoms with Crippen LogP contribution in [0.25, 0.3) is 0 Å². The predicted octanol–water partition coefficient (Wildman–Crippen LogP) is 1.23. The molecule has 0 aromatic heterocycles. The van der Waals surface area contributed by atoms with Crippen molar-refractivity contribution in [1.29, 1.82) is 0 Å². The van der Waals surface area contributed by atoms with Crippen LogP contribution in [0, 0.1) is 11.8 Å². The van der Waals surface area contributed by atoms with Crippen LogP contribution in [0.4, 0.5) is 10.5 Å². The Morgan fingerprint density at radius 3 is 2.09 bits per heavy atom. The normalized spacial score (nSPS) is 28.6. The minimum Gasteiger partial charge on any atom is -0.465 e. The fourth-order valence-corrected chi connectivity index (χ4v) is 4.82. The number of carbonyl (C=O) groups is 5. The fraction of sp³-hybridized carbons (Fsp3) is 0.552. The second-order valence-electron chi connectivity index (χ2n) is 9.88. The SMILES string of the molecule is CCOC(=O)[C@H]1C/C=C/C[C@H](C(=O)OCC)C(=O)O[C@H]2[C@@H](OC)O[C@H](CO)[C@@H](OC(=O)Nc3ccc4c(c3)OCO4)[C@@H]2OC1=O. The molecule has 1 aromatic carbocycles. The highest BCUT2D eigenvalue weighted by atomic mass is 16.7. The van der Waals surface area contributed by atoms with Crippen LogP contribution in [0.5, 0.6) is 11.5 Å². The van der Waals surface area contributed by atoms with Gasteiger partial charge in [0.15, 0.2) is 47.9 Å². The Labute approximate surface area is 257 Å². The predicted molar refractivity (Wildman–Crippen MR) is 148 cm³/mol. The van der Waals surface area contributed by atoms with Gasteiger partial charge in [-0.05, 0) is 38.8 Å². The van der Waals surface area contributed by atoms with Crippen molar-refractivity contribution in [1.82, 2.24) is 0 Å². The van der Waals surface area contributed by atoms with E-state index in [0.717, 1.165) is 0 Å². The first-order valence-corrected chi connectivity index (χ1v) is 14.3. The number of ether oxygens (including phenoxy) is 9. The highest BCUT2D eigenvalue weighted by molar-refractivity contribution is 5.96. The first kappa shape index (κ1) is 33.5. The van der Waals surface area contributed by atoms with Gasteiger partial charge in [0.1, 0.15) is 6.10 Å². The molecule has 246 valence electrons. The van der Waals surface area contributed by atoms with E-state index >= 15 is 0 Å². The summed E-state index contributed by atoms with van der Waals surface area (Å²) in [6.07, 6.45) is -6.38. The van der Waals surface area contributed by atoms with Gasteiger partial charge in [0.25, 0.3) is 0 Å². The van der Waals surface area contributed by atoms with Crippen LogP contribution in [-0.2, 0) is 52.3 Å². The third-order valence-electron chi connectivity index (χ3n) is 6.99. The number of allylic oxidation sites excluding steroid dienone is 2. The molecule has 3 aliphatic heterocycles. The van der Waals surface area contributed by atoms with Gasteiger partial charge in [-0.2, -0.15) is 0 Å². The summed E-state index contributed by atoms with van der Waals surface area (Å²) >= 11 is 0. The van der Waals surface area contributed by atoms with Crippen molar-refractivity contribution >= 4 is 35.7 Å². The van der Waals surface area contributed by atoms with E-state index < -0.39 is 79.1 Å². The van der Waals surface area contributed by atoms with Gasteiger partial charge in [-0.15, -0.1) is 0 Å². The number of fused-ring (bicyclic) bond motifs is 2. The van der Waals surface area contributed by atoms with Gasteiger partial charge >= 0.3 is 30.0 Å². The number of esters is 4. The molecule has 1 saturated heterocycles. The Morgan fingerprint density at radius 2 is 1.51 bits per heavy atom. The van der Waals surface area contributed by atoms with Gasteiger partial charge in [0.05, 0.1) is 19.8 Å². The largest absolute Gasteiger partial charge is 0.465 e. The quantitative estimate of drug-likeness (QED) is 0.178. The number of methoxy groups -OCH3 is 1. The molecule has 3 heterocycles. The van der Waals surface area contributed by atoms with Crippen molar-refractivity contribution in [2.45, 2.75) is 57.4 Å². The fourth-order valence-electron chi connectivity index (χ4n) is 4.82. The number of nitrogens with one attached hydrogen (secondary N) is 1. The van der Waals surface area contributed by atoms with Crippen LogP contribution in [0.2, 0.25) is 0 Å². The molecule has 16 nitrogen and oxygen atoms in total. The standard InChI is InChI=1S/C29H35NO15/c1-4-38-24(32)16-8-6-7-9-17(25(33)39-5-2)27(35)44-23-22(43-26(16)34)21(20(13-31)42-28(23)37-3)45-29(36)30-15-10-11-18-19(12-15)41-14-40-18/h6-7,10-12,16-17,20-23,28,31H,4-5,8-9,13-14H2,1-3H3,(H,30,36)/b7-6+/t16-,17-,20-,21-,22+,23-,28+/m1/s1. The van der Waals surface area contributed by atoms with Gasteiger partial charge < -0.3 is 47.7 Å². The molecular formula is C29H35NO15. The highest BCUT2D eigenvalue weighted by Crippen LogP contribution is 2.35. The zero-order valence-corrected chi connectivity index (χ0v) is 24.8. The van der Waals surface area contributed by atoms with Crippen LogP contribution >= 0.6 is 0 Å². The number of aliphatic hydroxyl groups is 1. The molecular weight excluding hydrogens is 602 g/mol. The van der Waals surface area contributed by atoms with E-state index in [4.69, 9.17) is 42.6 Å². The van der Waals surface area contributed by atoms with Crippen molar-refractivity contribution in [3.63, 3.8) is 0 Å². The van der Waals surface area contributed by atoms with E-state index in [-0.39, 0.29) is 38.5 Å². The minimum absolute atomic E-state index is 0.00819. The summed E-state index contributed by atoms with van der Waals surface area (Å²) in [6.45, 7) is 2.33. The van der Waals surface area contributed by atoms with Gasteiger partial charge in [-0.1, -0.05) is 12.2 Å². The van der Waals surface area contributed by atoms with Crippen LogP contribution < -0.4 is 14.8 Å². The molecule has 0 bridgehead atoms. The number of hydrogen-bond donors (Lipinski definition) is 2. The highest BCUT2D eigenvalue weighted by Gasteiger charge is 2.54. The summed E-state index contributed by atoms with van der Waals surface area (Å²) in [7, 11) is 1.20. The third-order valence-corrected chi connectivity index (χ3v) is 6.99. The topological polar surface area (TPSA) is 201 Å². The number of amides is 1. The van der Waals surface area contributed by atoms with Crippen molar-refractivity contribution in [3.05, 3.63) is 30.4 Å². The molecule has 1 aromatic rings. The molecule has 0 unspecified atom stereocenters. The molecule has 2 N–H and O–H groups in total. The number of anilines is 1. The first-order chi connectivity index (χ1) is 21.7. The summed E-state index contributed by atoms with van der Waals surface area (Å²) in [4.78, 5) is 65.4. The third kappa shape index (κ3) is 8.01. The van der Waals surface area contributed by atoms with Crippen LogP contribution in [0.1, 0.15) is 26.7 Å². The van der Waals surface area contributed by atoms with Crippen molar-refractivity contribution in [3.8, 4) is 11.5 Å². The van der Waals surface area contributed by atoms with E-state index in [2.05, 4.69) is 5.32 Å². The van der Waals surface area contributed by atoms with Crippen molar-refractivity contribution < 1.29 is 71.7 Å². The molecule has 0 radical (unpaired) electrons. The zero-order chi connectivity index (χ0) is 32.5. The minimum atomic E-state index is -1.69. The molecule has 0 aliphatic carbocycles. The molecule has 1 fully saturated rings. The summed E-state index contributed by atoms with van der Waals surface area (Å²) in [5.41, 5.74) is 0.251. The molecule has 3 aliphatic rings. The summed E-state index contributed by atoms with van der Waals surface area (Å²) in [5.74, 6) is -6.01. The molecule has 7 atom stereocenters. The number of benzene rings is 1. The van der Waals surface area contributed by atoms with Gasteiger partial charge in [0.2, 0.25) is 6.79 Å². The van der Waals surface area contributed by atoms with E-state index in [1.54, 1.807) is 19.9 Å². The van der Waals surface area contributed by atoms with Crippen LogP contribution in [-0.4, -0.2) is 99.5 Å². The Kier molecular flexibility index (Phi) is 11.6. The molecule has 4 rings (SSSR count). The average Bonchev–Trinajstić information content (AvgIpc) is 3.48. The first-order valence-electron chi connectivity index (χ1n) is 14.3. The molecule has 45 heavy (non-hydrogen) atoms. The lowest BCUT2D eigenvalue weighted by Crippen LogP contribution is -2.63. The van der Waals surface area contributed by atoms with Crippen molar-refractivity contribution in [2.24, 2.45) is 11.8 Å². The number of carbonyl (C=O) groups excluding carboxylic acids is 5. The van der Waals surface area contributed by atoms with E-state index in [0.29, 0.717) is 11.5 Å². The Bertz CT molecular complexity index is 1280. The summed E-state index contributed by atoms with van der Waals surface area (Å²) in [5, 5.41) is 12.7. The summed E-state index contributed by atoms with van der Waals surface area (Å²) in [6, 6.07) is 4.57. The maximum atomic E-state index is 13.5. The monoisotopic (exact) mass is 637 g/mol. The van der Waals surface area contributed by atoms with Crippen LogP contribution in [0.3, 0.4) is 0 Å². The second kappa shape index (κ2) is 15.5. The van der Waals surface area contributed by atoms with Gasteiger partial charge in [-0.3, -0.25) is 24.5 Å². The Morgan fingerprint density at radius 1 is 0.911 bits per heavy atom. The van der Waals surface area contributed by atoms with E-state index in [1.165, 1.54) is 31.4 Å². The maximum Gasteiger partial charge on any atom is 0.412 e. The van der Waals surface area contributed by atoms with Crippen molar-refractivity contribution in [2.75, 3.05) is 39.0 Å². The lowest BCUT2D eigenvalue weighted by atomic mass is 9.96. The van der Waals surface area contributed by atoms with Gasteiger partial charge in [0, 0.05) is 18.9 Å². The molecule has 0 spiro atoms. The molecule has 1 amide bonds. The lowest BCUT2D eigenvalue weighted by molar-refractivity contribution is -0.300. The van der Waals surface area contributed by atoms with E-state index in [9.17, 15) is 29.1 Å². The molecule has 0 saturated carbocycles. The average molecular weight is 638 g/mol. The second-order valence-corrected chi connectivity index (χ2v) is 9.88. The summed E-state index contributed by atoms with van der Waals surface area (Å²) < 4.78 is 48.7. The Hall–Kier alpha value is -4.41. The maximum absolute atomic E-state index is 13.5. The lowest BCUT2D eigenvalue weighted by Gasteiger charge is -2.44. The van der Waals surface area contributed by atoms with Gasteiger partial charge in [-0.25, -0.2) is 4.79 Å². The number of aliphatic hydroxyl groups excluding tert-OH is 1.